The van der Waals surface area contributed by atoms with Gasteiger partial charge in [-0.05, 0) is 29.7 Å². The van der Waals surface area contributed by atoms with E-state index in [1.54, 1.807) is 7.11 Å². The molecule has 0 bridgehead atoms. The Kier molecular flexibility index (Phi) is 6.91. The third-order valence-electron chi connectivity index (χ3n) is 4.16. The van der Waals surface area contributed by atoms with Crippen molar-refractivity contribution in [2.75, 3.05) is 26.8 Å². The number of benzene rings is 2. The van der Waals surface area contributed by atoms with Gasteiger partial charge in [-0.25, -0.2) is 0 Å². The molecule has 24 heavy (non-hydrogen) atoms. The highest BCUT2D eigenvalue weighted by atomic mass is 35.5. The average Bonchev–Trinajstić information content (AvgIpc) is 2.60. The lowest BCUT2D eigenvalue weighted by Crippen LogP contribution is -2.38. The lowest BCUT2D eigenvalue weighted by Gasteiger charge is -2.30. The van der Waals surface area contributed by atoms with Gasteiger partial charge in [0.2, 0.25) is 0 Å². The lowest BCUT2D eigenvalue weighted by molar-refractivity contribution is 0.0637. The highest BCUT2D eigenvalue weighted by Crippen LogP contribution is 2.20. The molecule has 3 rings (SSSR count). The lowest BCUT2D eigenvalue weighted by atomic mass is 10.00. The molecular formula is C19H24ClNO3. The molecule has 2 aromatic rings. The maximum absolute atomic E-state index is 10.2. The molecule has 0 fully saturated rings. The Morgan fingerprint density at radius 2 is 1.83 bits per heavy atom. The molecule has 1 aliphatic rings. The molecule has 4 nitrogen and oxygen atoms in total. The number of hydrogen-bond acceptors (Lipinski definition) is 4. The van der Waals surface area contributed by atoms with Crippen molar-refractivity contribution in [2.24, 2.45) is 0 Å². The Bertz CT molecular complexity index is 650. The van der Waals surface area contributed by atoms with E-state index in [1.807, 2.05) is 24.3 Å². The van der Waals surface area contributed by atoms with Crippen LogP contribution in [0, 0.1) is 0 Å². The second-order valence-corrected chi connectivity index (χ2v) is 5.90. The van der Waals surface area contributed by atoms with E-state index in [0.29, 0.717) is 12.3 Å². The molecular weight excluding hydrogens is 326 g/mol. The summed E-state index contributed by atoms with van der Waals surface area (Å²) in [5.41, 5.74) is 2.78. The summed E-state index contributed by atoms with van der Waals surface area (Å²) in [4.78, 5) is 2.28. The number of fused-ring (bicyclic) bond motifs is 1. The average molecular weight is 350 g/mol. The van der Waals surface area contributed by atoms with E-state index in [9.17, 15) is 5.11 Å². The van der Waals surface area contributed by atoms with E-state index >= 15 is 0 Å². The summed E-state index contributed by atoms with van der Waals surface area (Å²) in [7, 11) is 1.63. The Labute approximate surface area is 149 Å². The largest absolute Gasteiger partial charge is 0.497 e. The normalized spacial score (nSPS) is 15.1. The van der Waals surface area contributed by atoms with Crippen LogP contribution in [0.25, 0.3) is 0 Å². The fourth-order valence-electron chi connectivity index (χ4n) is 2.94. The number of rotatable bonds is 6. The summed E-state index contributed by atoms with van der Waals surface area (Å²) in [6.07, 6.45) is 0.533. The predicted octanol–water partition coefficient (Wildman–Crippen LogP) is 2.92. The molecule has 0 aliphatic carbocycles. The van der Waals surface area contributed by atoms with E-state index in [4.69, 9.17) is 9.47 Å². The van der Waals surface area contributed by atoms with Gasteiger partial charge in [0.1, 0.15) is 24.2 Å². The molecule has 1 unspecified atom stereocenters. The minimum atomic E-state index is -0.508. The molecule has 0 spiro atoms. The molecule has 0 aromatic heterocycles. The number of aliphatic hydroxyl groups is 1. The molecule has 5 heteroatoms. The molecule has 1 aliphatic heterocycles. The highest BCUT2D eigenvalue weighted by molar-refractivity contribution is 5.85. The monoisotopic (exact) mass is 349 g/mol. The zero-order valence-corrected chi connectivity index (χ0v) is 14.7. The van der Waals surface area contributed by atoms with Gasteiger partial charge in [-0.15, -0.1) is 12.4 Å². The Morgan fingerprint density at radius 1 is 1.08 bits per heavy atom. The zero-order chi connectivity index (χ0) is 16.1. The third-order valence-corrected chi connectivity index (χ3v) is 4.16. The van der Waals surface area contributed by atoms with E-state index in [-0.39, 0.29) is 19.0 Å². The first-order chi connectivity index (χ1) is 11.2. The van der Waals surface area contributed by atoms with Crippen LogP contribution in [0.1, 0.15) is 11.1 Å². The van der Waals surface area contributed by atoms with Gasteiger partial charge in [-0.3, -0.25) is 4.90 Å². The number of hydrogen-bond donors (Lipinski definition) is 1. The summed E-state index contributed by atoms with van der Waals surface area (Å²) in [6.45, 7) is 2.78. The van der Waals surface area contributed by atoms with Gasteiger partial charge >= 0.3 is 0 Å². The van der Waals surface area contributed by atoms with E-state index in [1.165, 1.54) is 11.1 Å². The third kappa shape index (κ3) is 4.87. The first-order valence-corrected chi connectivity index (χ1v) is 7.98. The molecule has 0 amide bonds. The Balaban J connectivity index is 0.00000208. The van der Waals surface area contributed by atoms with E-state index < -0.39 is 6.10 Å². The Hall–Kier alpha value is -1.75. The van der Waals surface area contributed by atoms with Crippen LogP contribution in [-0.2, 0) is 13.0 Å². The summed E-state index contributed by atoms with van der Waals surface area (Å²) in [6, 6.07) is 16.0. The standard InChI is InChI=1S/C19H23NO3.ClH/c1-22-18-7-4-8-19(11-18)23-14-17(21)13-20-10-9-15-5-2-3-6-16(15)12-20;/h2-8,11,17,21H,9-10,12-14H2,1H3;1H. The predicted molar refractivity (Wildman–Crippen MR) is 97.2 cm³/mol. The van der Waals surface area contributed by atoms with Gasteiger partial charge in [-0.2, -0.15) is 0 Å². The van der Waals surface area contributed by atoms with Gasteiger partial charge in [0.05, 0.1) is 7.11 Å². The summed E-state index contributed by atoms with van der Waals surface area (Å²) in [5, 5.41) is 10.2. The fraction of sp³-hybridized carbons (Fsp3) is 0.368. The van der Waals surface area contributed by atoms with Crippen molar-refractivity contribution < 1.29 is 14.6 Å². The molecule has 0 saturated carbocycles. The Morgan fingerprint density at radius 3 is 2.62 bits per heavy atom. The fourth-order valence-corrected chi connectivity index (χ4v) is 2.94. The van der Waals surface area contributed by atoms with Crippen LogP contribution in [0.4, 0.5) is 0 Å². The molecule has 1 heterocycles. The number of aliphatic hydroxyl groups excluding tert-OH is 1. The minimum absolute atomic E-state index is 0. The second-order valence-electron chi connectivity index (χ2n) is 5.90. The number of ether oxygens (including phenoxy) is 2. The molecule has 0 radical (unpaired) electrons. The van der Waals surface area contributed by atoms with Crippen LogP contribution in [0.5, 0.6) is 11.5 Å². The van der Waals surface area contributed by atoms with Gasteiger partial charge < -0.3 is 14.6 Å². The summed E-state index contributed by atoms with van der Waals surface area (Å²) < 4.78 is 10.8. The van der Waals surface area contributed by atoms with Crippen LogP contribution in [-0.4, -0.2) is 42.9 Å². The molecule has 2 aromatic carbocycles. The van der Waals surface area contributed by atoms with Crippen LogP contribution >= 0.6 is 12.4 Å². The van der Waals surface area contributed by atoms with Crippen molar-refractivity contribution >= 4 is 12.4 Å². The molecule has 1 atom stereocenters. The van der Waals surface area contributed by atoms with Crippen LogP contribution in [0.2, 0.25) is 0 Å². The van der Waals surface area contributed by atoms with Crippen molar-refractivity contribution in [2.45, 2.75) is 19.1 Å². The topological polar surface area (TPSA) is 41.9 Å². The SMILES string of the molecule is COc1cccc(OCC(O)CN2CCc3ccccc3C2)c1.Cl. The minimum Gasteiger partial charge on any atom is -0.497 e. The van der Waals surface area contributed by atoms with Crippen LogP contribution in [0.3, 0.4) is 0 Å². The second kappa shape index (κ2) is 8.92. The van der Waals surface area contributed by atoms with Gasteiger partial charge in [0, 0.05) is 25.7 Å². The van der Waals surface area contributed by atoms with Crippen molar-refractivity contribution in [1.29, 1.82) is 0 Å². The zero-order valence-electron chi connectivity index (χ0n) is 13.9. The van der Waals surface area contributed by atoms with Crippen molar-refractivity contribution in [3.63, 3.8) is 0 Å². The van der Waals surface area contributed by atoms with Crippen LogP contribution < -0.4 is 9.47 Å². The quantitative estimate of drug-likeness (QED) is 0.870. The summed E-state index contributed by atoms with van der Waals surface area (Å²) >= 11 is 0. The maximum Gasteiger partial charge on any atom is 0.123 e. The highest BCUT2D eigenvalue weighted by Gasteiger charge is 2.18. The first kappa shape index (κ1) is 18.6. The van der Waals surface area contributed by atoms with Crippen molar-refractivity contribution in [3.05, 3.63) is 59.7 Å². The first-order valence-electron chi connectivity index (χ1n) is 7.98. The van der Waals surface area contributed by atoms with Gasteiger partial charge in [0.25, 0.3) is 0 Å². The number of β-amino-alcohol motifs (C(OH)–C–C–N with tert-alkyl or cyclic N) is 1. The molecule has 0 saturated heterocycles. The summed E-state index contributed by atoms with van der Waals surface area (Å²) in [5.74, 6) is 1.47. The smallest absolute Gasteiger partial charge is 0.123 e. The molecule has 1 N–H and O–H groups in total. The van der Waals surface area contributed by atoms with Crippen LogP contribution in [0.15, 0.2) is 48.5 Å². The number of halogens is 1. The van der Waals surface area contributed by atoms with Gasteiger partial charge in [0.15, 0.2) is 0 Å². The number of nitrogens with zero attached hydrogens (tertiary/aromatic N) is 1. The van der Waals surface area contributed by atoms with Crippen molar-refractivity contribution in [1.82, 2.24) is 4.90 Å². The molecule has 130 valence electrons. The van der Waals surface area contributed by atoms with Crippen molar-refractivity contribution in [3.8, 4) is 11.5 Å². The van der Waals surface area contributed by atoms with Gasteiger partial charge in [-0.1, -0.05) is 30.3 Å². The van der Waals surface area contributed by atoms with E-state index in [0.717, 1.165) is 25.3 Å². The van der Waals surface area contributed by atoms with E-state index in [2.05, 4.69) is 29.2 Å². The number of methoxy groups -OCH3 is 1. The maximum atomic E-state index is 10.2.